The van der Waals surface area contributed by atoms with Crippen LogP contribution in [-0.4, -0.2) is 6.54 Å². The average Bonchev–Trinajstić information content (AvgIpc) is 2.47. The van der Waals surface area contributed by atoms with Crippen LogP contribution in [0.1, 0.15) is 36.1 Å². The second-order valence-corrected chi connectivity index (χ2v) is 6.24. The van der Waals surface area contributed by atoms with E-state index in [1.807, 2.05) is 37.3 Å². The summed E-state index contributed by atoms with van der Waals surface area (Å²) in [5.41, 5.74) is 3.33. The summed E-state index contributed by atoms with van der Waals surface area (Å²) in [6, 6.07) is 11.8. The Morgan fingerprint density at radius 3 is 2.43 bits per heavy atom. The number of rotatable bonds is 5. The zero-order chi connectivity index (χ0) is 15.4. The summed E-state index contributed by atoms with van der Waals surface area (Å²) in [4.78, 5) is 0. The molecule has 1 unspecified atom stereocenters. The van der Waals surface area contributed by atoms with Gasteiger partial charge in [0.05, 0.1) is 16.1 Å². The molecule has 0 heterocycles. The van der Waals surface area contributed by atoms with E-state index in [1.165, 1.54) is 0 Å². The Kier molecular flexibility index (Phi) is 5.95. The van der Waals surface area contributed by atoms with Crippen LogP contribution in [-0.2, 0) is 0 Å². The minimum Gasteiger partial charge on any atom is -0.306 e. The monoisotopic (exact) mass is 341 g/mol. The predicted octanol–water partition coefficient (Wildman–Crippen LogP) is 6.04. The van der Waals surface area contributed by atoms with Crippen LogP contribution in [0.2, 0.25) is 15.1 Å². The number of hydrogen-bond acceptors (Lipinski definition) is 1. The van der Waals surface area contributed by atoms with Gasteiger partial charge in [-0.2, -0.15) is 0 Å². The number of hydrogen-bond donors (Lipinski definition) is 1. The molecule has 0 saturated heterocycles. The van der Waals surface area contributed by atoms with E-state index < -0.39 is 0 Å². The minimum atomic E-state index is 0.0541. The molecule has 2 aromatic rings. The molecule has 0 aliphatic rings. The molecule has 0 saturated carbocycles. The average molecular weight is 343 g/mol. The highest BCUT2D eigenvalue weighted by atomic mass is 35.5. The van der Waals surface area contributed by atoms with Gasteiger partial charge in [-0.1, -0.05) is 59.9 Å². The summed E-state index contributed by atoms with van der Waals surface area (Å²) in [5.74, 6) is 0. The lowest BCUT2D eigenvalue weighted by molar-refractivity contribution is 0.596. The largest absolute Gasteiger partial charge is 0.306 e. The first-order valence-corrected chi connectivity index (χ1v) is 8.11. The SMILES string of the molecule is CCCNC(c1ccc(Cl)c(Cl)c1)c1cccc(Cl)c1C. The smallest absolute Gasteiger partial charge is 0.0595 e. The lowest BCUT2D eigenvalue weighted by Crippen LogP contribution is -2.24. The summed E-state index contributed by atoms with van der Waals surface area (Å²) < 4.78 is 0. The third kappa shape index (κ3) is 3.92. The van der Waals surface area contributed by atoms with Gasteiger partial charge in [-0.25, -0.2) is 0 Å². The predicted molar refractivity (Wildman–Crippen MR) is 92.8 cm³/mol. The zero-order valence-electron chi connectivity index (χ0n) is 12.1. The van der Waals surface area contributed by atoms with Gasteiger partial charge in [0.15, 0.2) is 0 Å². The summed E-state index contributed by atoms with van der Waals surface area (Å²) in [6.07, 6.45) is 1.05. The van der Waals surface area contributed by atoms with Crippen molar-refractivity contribution >= 4 is 34.8 Å². The Morgan fingerprint density at radius 1 is 1.00 bits per heavy atom. The molecule has 0 fully saturated rings. The van der Waals surface area contributed by atoms with Crippen molar-refractivity contribution in [1.29, 1.82) is 0 Å². The van der Waals surface area contributed by atoms with Gasteiger partial charge in [0, 0.05) is 5.02 Å². The Labute approximate surface area is 141 Å². The summed E-state index contributed by atoms with van der Waals surface area (Å²) >= 11 is 18.4. The number of benzene rings is 2. The fraction of sp³-hybridized carbons (Fsp3) is 0.294. The highest BCUT2D eigenvalue weighted by molar-refractivity contribution is 6.42. The molecule has 0 aliphatic carbocycles. The first-order valence-electron chi connectivity index (χ1n) is 6.98. The molecule has 1 nitrogen and oxygen atoms in total. The van der Waals surface area contributed by atoms with Crippen molar-refractivity contribution in [1.82, 2.24) is 5.32 Å². The molecule has 2 rings (SSSR count). The van der Waals surface area contributed by atoms with E-state index in [9.17, 15) is 0 Å². The van der Waals surface area contributed by atoms with E-state index in [0.29, 0.717) is 10.0 Å². The highest BCUT2D eigenvalue weighted by Gasteiger charge is 2.17. The molecule has 4 heteroatoms. The van der Waals surface area contributed by atoms with Crippen LogP contribution in [0.15, 0.2) is 36.4 Å². The fourth-order valence-electron chi connectivity index (χ4n) is 2.32. The third-order valence-corrected chi connectivity index (χ3v) is 4.64. The first-order chi connectivity index (χ1) is 10.0. The molecule has 0 aliphatic heterocycles. The van der Waals surface area contributed by atoms with Crippen molar-refractivity contribution < 1.29 is 0 Å². The maximum Gasteiger partial charge on any atom is 0.0595 e. The lowest BCUT2D eigenvalue weighted by atomic mass is 9.95. The van der Waals surface area contributed by atoms with Gasteiger partial charge < -0.3 is 5.32 Å². The van der Waals surface area contributed by atoms with Crippen molar-refractivity contribution in [2.24, 2.45) is 0 Å². The van der Waals surface area contributed by atoms with Gasteiger partial charge in [-0.05, 0) is 54.8 Å². The molecule has 1 N–H and O–H groups in total. The van der Waals surface area contributed by atoms with E-state index in [4.69, 9.17) is 34.8 Å². The first kappa shape index (κ1) is 16.6. The molecule has 112 valence electrons. The van der Waals surface area contributed by atoms with Crippen molar-refractivity contribution in [2.45, 2.75) is 26.3 Å². The number of halogens is 3. The van der Waals surface area contributed by atoms with E-state index in [-0.39, 0.29) is 6.04 Å². The summed E-state index contributed by atoms with van der Waals surface area (Å²) in [6.45, 7) is 5.09. The Hall–Kier alpha value is -0.730. The normalized spacial score (nSPS) is 12.4. The molecule has 1 atom stereocenters. The molecule has 0 spiro atoms. The maximum atomic E-state index is 6.26. The second kappa shape index (κ2) is 7.51. The Bertz CT molecular complexity index is 625. The minimum absolute atomic E-state index is 0.0541. The van der Waals surface area contributed by atoms with Gasteiger partial charge >= 0.3 is 0 Å². The molecular formula is C17H18Cl3N. The van der Waals surface area contributed by atoms with Crippen molar-refractivity contribution in [3.05, 3.63) is 68.2 Å². The maximum absolute atomic E-state index is 6.26. The van der Waals surface area contributed by atoms with Crippen LogP contribution in [0.25, 0.3) is 0 Å². The molecule has 21 heavy (non-hydrogen) atoms. The van der Waals surface area contributed by atoms with Gasteiger partial charge in [-0.15, -0.1) is 0 Å². The Morgan fingerprint density at radius 2 is 1.76 bits per heavy atom. The van der Waals surface area contributed by atoms with Crippen LogP contribution in [0.5, 0.6) is 0 Å². The fourth-order valence-corrected chi connectivity index (χ4v) is 2.81. The zero-order valence-corrected chi connectivity index (χ0v) is 14.4. The van der Waals surface area contributed by atoms with Crippen LogP contribution in [0.3, 0.4) is 0 Å². The van der Waals surface area contributed by atoms with Gasteiger partial charge in [0.2, 0.25) is 0 Å². The van der Waals surface area contributed by atoms with E-state index in [1.54, 1.807) is 0 Å². The third-order valence-electron chi connectivity index (χ3n) is 3.50. The number of nitrogens with one attached hydrogen (secondary N) is 1. The van der Waals surface area contributed by atoms with Crippen LogP contribution in [0.4, 0.5) is 0 Å². The van der Waals surface area contributed by atoms with E-state index in [2.05, 4.69) is 18.3 Å². The van der Waals surface area contributed by atoms with Crippen molar-refractivity contribution in [3.63, 3.8) is 0 Å². The summed E-state index contributed by atoms with van der Waals surface area (Å²) in [5, 5.41) is 5.46. The molecule has 0 aromatic heterocycles. The van der Waals surface area contributed by atoms with Crippen LogP contribution >= 0.6 is 34.8 Å². The molecule has 0 amide bonds. The summed E-state index contributed by atoms with van der Waals surface area (Å²) in [7, 11) is 0. The molecule has 0 radical (unpaired) electrons. The quantitative estimate of drug-likeness (QED) is 0.698. The standard InChI is InChI=1S/C17H18Cl3N/c1-3-9-21-17(12-7-8-15(19)16(20)10-12)13-5-4-6-14(18)11(13)2/h4-8,10,17,21H,3,9H2,1-2H3. The lowest BCUT2D eigenvalue weighted by Gasteiger charge is -2.22. The van der Waals surface area contributed by atoms with E-state index >= 15 is 0 Å². The molecule has 2 aromatic carbocycles. The van der Waals surface area contributed by atoms with Gasteiger partial charge in [0.1, 0.15) is 0 Å². The molecular weight excluding hydrogens is 325 g/mol. The highest BCUT2D eigenvalue weighted by Crippen LogP contribution is 2.32. The van der Waals surface area contributed by atoms with Crippen molar-refractivity contribution in [3.8, 4) is 0 Å². The van der Waals surface area contributed by atoms with Crippen LogP contribution in [0, 0.1) is 6.92 Å². The Balaban J connectivity index is 2.47. The van der Waals surface area contributed by atoms with Crippen molar-refractivity contribution in [2.75, 3.05) is 6.54 Å². The van der Waals surface area contributed by atoms with Crippen LogP contribution < -0.4 is 5.32 Å². The van der Waals surface area contributed by atoms with Gasteiger partial charge in [0.25, 0.3) is 0 Å². The topological polar surface area (TPSA) is 12.0 Å². The molecule has 0 bridgehead atoms. The second-order valence-electron chi connectivity index (χ2n) is 5.01. The van der Waals surface area contributed by atoms with Gasteiger partial charge in [-0.3, -0.25) is 0 Å². The van der Waals surface area contributed by atoms with E-state index in [0.717, 1.165) is 34.7 Å².